The van der Waals surface area contributed by atoms with Gasteiger partial charge in [0.1, 0.15) is 18.1 Å². The van der Waals surface area contributed by atoms with Crippen LogP contribution >= 0.6 is 0 Å². The van der Waals surface area contributed by atoms with Crippen molar-refractivity contribution in [2.75, 3.05) is 18.0 Å². The topological polar surface area (TPSA) is 44.6 Å². The number of ether oxygens (including phenoxy) is 1. The molecule has 5 nitrogen and oxygen atoms in total. The average Bonchev–Trinajstić information content (AvgIpc) is 3.50. The highest BCUT2D eigenvalue weighted by molar-refractivity contribution is 6.14. The normalized spacial score (nSPS) is 18.9. The molecule has 6 rings (SSSR count). The van der Waals surface area contributed by atoms with Crippen molar-refractivity contribution in [2.24, 2.45) is 0 Å². The Balaban J connectivity index is 1.41. The Morgan fingerprint density at radius 3 is 2.39 bits per heavy atom. The third kappa shape index (κ3) is 8.23. The Bertz CT molecular complexity index is 2010. The average molecular weight is 721 g/mol. The zero-order chi connectivity index (χ0) is 38.5. The maximum absolute atomic E-state index is 11.8. The summed E-state index contributed by atoms with van der Waals surface area (Å²) in [6, 6.07) is 24.1. The van der Waals surface area contributed by atoms with Gasteiger partial charge in [-0.15, -0.1) is 0 Å². The van der Waals surface area contributed by atoms with E-state index in [4.69, 9.17) is 12.7 Å². The first-order valence-electron chi connectivity index (χ1n) is 20.2. The number of nitrogens with zero attached hydrogens (tertiary/aromatic N) is 2. The minimum atomic E-state index is -0.180. The summed E-state index contributed by atoms with van der Waals surface area (Å²) in [5.74, 6) is 1.70. The number of aryl methyl sites for hydroxylation is 2. The van der Waals surface area contributed by atoms with E-state index < -0.39 is 0 Å². The van der Waals surface area contributed by atoms with Gasteiger partial charge >= 0.3 is 0 Å². The molecule has 280 valence electrons. The smallest absolute Gasteiger partial charge is 0.226 e. The monoisotopic (exact) mass is 720 g/mol. The van der Waals surface area contributed by atoms with Crippen LogP contribution in [0.4, 0.5) is 11.4 Å². The number of carbonyl (C=O) groups excluding carboxylic acids is 1. The van der Waals surface area contributed by atoms with Crippen molar-refractivity contribution < 1.29 is 14.1 Å². The van der Waals surface area contributed by atoms with Crippen LogP contribution in [-0.2, 0) is 15.6 Å². The number of allylic oxidation sites excluding steroid dienone is 7. The van der Waals surface area contributed by atoms with E-state index in [-0.39, 0.29) is 16.7 Å². The largest absolute Gasteiger partial charge is 0.457 e. The van der Waals surface area contributed by atoms with Gasteiger partial charge in [-0.1, -0.05) is 93.3 Å². The predicted octanol–water partition coefficient (Wildman–Crippen LogP) is 10.9. The van der Waals surface area contributed by atoms with Gasteiger partial charge in [0, 0.05) is 53.9 Å². The van der Waals surface area contributed by atoms with Crippen molar-refractivity contribution in [3.8, 4) is 5.75 Å². The SMILES string of the molecule is [B]NC(=O)CCCC[N+]1=C(/C=C/C2=C(Oc3ccc(C)cc3)C(=C/C=C3/N(CCCCC)c4ccc(C)cc4C3(C)C)/CCC2)C(C)(C)c2ccccc21. The number of unbranched alkanes of at least 4 members (excludes halogenated alkanes) is 3. The molecule has 2 radical (unpaired) electrons. The number of anilines is 1. The zero-order valence-corrected chi connectivity index (χ0v) is 33.7. The van der Waals surface area contributed by atoms with Crippen LogP contribution in [0.15, 0.2) is 114 Å². The summed E-state index contributed by atoms with van der Waals surface area (Å²) in [7, 11) is 5.35. The van der Waals surface area contributed by atoms with Crippen molar-refractivity contribution in [3.05, 3.63) is 136 Å². The summed E-state index contributed by atoms with van der Waals surface area (Å²) in [6.45, 7) is 17.8. The van der Waals surface area contributed by atoms with Crippen LogP contribution < -0.4 is 14.9 Å². The van der Waals surface area contributed by atoms with E-state index in [1.807, 2.05) is 0 Å². The first kappa shape index (κ1) is 39.1. The molecule has 0 spiro atoms. The Morgan fingerprint density at radius 1 is 0.870 bits per heavy atom. The summed E-state index contributed by atoms with van der Waals surface area (Å²) in [4.78, 5) is 14.4. The van der Waals surface area contributed by atoms with E-state index in [1.54, 1.807) is 0 Å². The molecule has 1 aliphatic carbocycles. The predicted molar refractivity (Wildman–Crippen MR) is 226 cm³/mol. The van der Waals surface area contributed by atoms with Gasteiger partial charge in [0.25, 0.3) is 0 Å². The molecule has 0 fully saturated rings. The van der Waals surface area contributed by atoms with Gasteiger partial charge in [-0.3, -0.25) is 4.79 Å². The lowest BCUT2D eigenvalue weighted by Gasteiger charge is -2.27. The number of benzene rings is 3. The van der Waals surface area contributed by atoms with Crippen molar-refractivity contribution in [3.63, 3.8) is 0 Å². The Morgan fingerprint density at radius 2 is 1.63 bits per heavy atom. The summed E-state index contributed by atoms with van der Waals surface area (Å²) < 4.78 is 9.35. The third-order valence-electron chi connectivity index (χ3n) is 11.6. The Kier molecular flexibility index (Phi) is 12.2. The minimum absolute atomic E-state index is 0.110. The van der Waals surface area contributed by atoms with Crippen molar-refractivity contribution >= 4 is 31.0 Å². The lowest BCUT2D eigenvalue weighted by molar-refractivity contribution is -0.438. The van der Waals surface area contributed by atoms with Gasteiger partial charge < -0.3 is 14.9 Å². The van der Waals surface area contributed by atoms with Crippen molar-refractivity contribution in [1.29, 1.82) is 0 Å². The summed E-state index contributed by atoms with van der Waals surface area (Å²) >= 11 is 0. The third-order valence-corrected chi connectivity index (χ3v) is 11.6. The number of rotatable bonds is 14. The van der Waals surface area contributed by atoms with Gasteiger partial charge in [-0.2, -0.15) is 4.58 Å². The molecule has 0 bridgehead atoms. The number of hydrogen-bond acceptors (Lipinski definition) is 3. The molecule has 0 saturated heterocycles. The molecular weight excluding hydrogens is 661 g/mol. The number of hydrogen-bond donors (Lipinski definition) is 1. The molecule has 0 saturated carbocycles. The van der Waals surface area contributed by atoms with E-state index in [1.165, 1.54) is 75.4 Å². The first-order valence-corrected chi connectivity index (χ1v) is 20.2. The first-order chi connectivity index (χ1) is 25.9. The highest BCUT2D eigenvalue weighted by atomic mass is 16.5. The molecule has 2 aliphatic heterocycles. The standard InChI is InChI=1S/C48H59BN3O2/c1-8-9-13-31-52-42-28-23-35(3)33-40(42)48(6,7)44(52)30-25-37-17-15-16-36(46(37)54-38-26-21-34(2)22-27-38)24-29-43-47(4,5)39-18-10-11-19-41(39)51(43)32-14-12-20-45(53)50-49/h10-11,18-19,21-30,33H,8-9,12-17,20,31-32H2,1-7H3,(H,50,53)/q+1. The molecule has 0 atom stereocenters. The lowest BCUT2D eigenvalue weighted by atomic mass is 9.81. The van der Waals surface area contributed by atoms with Crippen LogP contribution in [0.5, 0.6) is 5.75 Å². The Labute approximate surface area is 326 Å². The molecule has 1 amide bonds. The van der Waals surface area contributed by atoms with E-state index in [0.717, 1.165) is 56.7 Å². The maximum atomic E-state index is 11.8. The molecule has 2 heterocycles. The van der Waals surface area contributed by atoms with Gasteiger partial charge in [-0.05, 0) is 107 Å². The second-order valence-electron chi connectivity index (χ2n) is 16.4. The van der Waals surface area contributed by atoms with Gasteiger partial charge in [0.15, 0.2) is 5.71 Å². The second-order valence-corrected chi connectivity index (χ2v) is 16.4. The molecule has 54 heavy (non-hydrogen) atoms. The second kappa shape index (κ2) is 16.8. The molecule has 1 N–H and O–H groups in total. The molecule has 0 unspecified atom stereocenters. The number of para-hydroxylation sites is 1. The molecular formula is C48H59BN3O2+. The lowest BCUT2D eigenvalue weighted by Crippen LogP contribution is -2.28. The quantitative estimate of drug-likeness (QED) is 0.102. The molecule has 3 aromatic carbocycles. The zero-order valence-electron chi connectivity index (χ0n) is 33.7. The molecule has 3 aliphatic rings. The number of carbonyl (C=O) groups is 1. The van der Waals surface area contributed by atoms with E-state index >= 15 is 0 Å². The Hall–Kier alpha value is -4.58. The van der Waals surface area contributed by atoms with Gasteiger partial charge in [0.2, 0.25) is 19.6 Å². The number of nitrogens with one attached hydrogen (secondary N) is 1. The van der Waals surface area contributed by atoms with Crippen LogP contribution in [-0.4, -0.2) is 37.3 Å². The van der Waals surface area contributed by atoms with Gasteiger partial charge in [0.05, 0.1) is 5.41 Å². The van der Waals surface area contributed by atoms with Crippen LogP contribution in [0.2, 0.25) is 0 Å². The van der Waals surface area contributed by atoms with Gasteiger partial charge in [-0.25, -0.2) is 0 Å². The van der Waals surface area contributed by atoms with Crippen molar-refractivity contribution in [2.45, 2.75) is 117 Å². The van der Waals surface area contributed by atoms with E-state index in [0.29, 0.717) is 6.42 Å². The number of fused-ring (bicyclic) bond motifs is 2. The van der Waals surface area contributed by atoms with Crippen LogP contribution in [0.3, 0.4) is 0 Å². The molecule has 6 heteroatoms. The summed E-state index contributed by atoms with van der Waals surface area (Å²) in [5.41, 5.74) is 12.6. The highest BCUT2D eigenvalue weighted by Crippen LogP contribution is 2.48. The highest BCUT2D eigenvalue weighted by Gasteiger charge is 2.44. The van der Waals surface area contributed by atoms with E-state index in [9.17, 15) is 4.79 Å². The fourth-order valence-corrected chi connectivity index (χ4v) is 8.49. The number of amides is 1. The van der Waals surface area contributed by atoms with E-state index in [2.05, 4.69) is 154 Å². The van der Waals surface area contributed by atoms with Crippen molar-refractivity contribution in [1.82, 2.24) is 5.23 Å². The van der Waals surface area contributed by atoms with Crippen LogP contribution in [0.1, 0.15) is 115 Å². The molecule has 3 aromatic rings. The maximum Gasteiger partial charge on any atom is 0.226 e. The summed E-state index contributed by atoms with van der Waals surface area (Å²) in [6.07, 6.45) is 18.0. The fraction of sp³-hybridized carbons (Fsp3) is 0.417. The fourth-order valence-electron chi connectivity index (χ4n) is 8.49. The minimum Gasteiger partial charge on any atom is -0.457 e. The van der Waals surface area contributed by atoms with Crippen LogP contribution in [0.25, 0.3) is 0 Å². The molecule has 0 aromatic heterocycles. The van der Waals surface area contributed by atoms with Crippen LogP contribution in [0, 0.1) is 13.8 Å². The summed E-state index contributed by atoms with van der Waals surface area (Å²) in [5, 5.41) is 2.27.